The molecule has 0 radical (unpaired) electrons. The van der Waals surface area contributed by atoms with E-state index in [1.54, 1.807) is 6.07 Å². The number of hydrogen-bond donors (Lipinski definition) is 2. The zero-order valence-corrected chi connectivity index (χ0v) is 15.6. The number of hydrogen-bond acceptors (Lipinski definition) is 2. The van der Waals surface area contributed by atoms with Crippen molar-refractivity contribution in [3.05, 3.63) is 70.3 Å². The van der Waals surface area contributed by atoms with E-state index in [1.807, 2.05) is 32.0 Å². The van der Waals surface area contributed by atoms with Gasteiger partial charge in [-0.05, 0) is 56.1 Å². The van der Waals surface area contributed by atoms with E-state index in [1.165, 1.54) is 6.07 Å². The molecule has 0 saturated carbocycles. The molecule has 2 unspecified atom stereocenters. The highest BCUT2D eigenvalue weighted by Gasteiger charge is 2.29. The second-order valence-electron chi connectivity index (χ2n) is 6.67. The number of carbonyl (C=O) groups is 1. The maximum atomic E-state index is 13.6. The number of amides is 1. The van der Waals surface area contributed by atoms with Crippen LogP contribution in [0, 0.1) is 25.5 Å². The number of aryl methyl sites for hydroxylation is 2. The minimum atomic E-state index is -0.853. The van der Waals surface area contributed by atoms with E-state index in [0.29, 0.717) is 17.7 Å². The van der Waals surface area contributed by atoms with Crippen molar-refractivity contribution in [1.29, 1.82) is 0 Å². The van der Waals surface area contributed by atoms with Gasteiger partial charge in [0.05, 0.1) is 0 Å². The van der Waals surface area contributed by atoms with Gasteiger partial charge in [0.2, 0.25) is 0 Å². The molecule has 2 aromatic carbocycles. The monoisotopic (exact) mass is 380 g/mol. The van der Waals surface area contributed by atoms with Crippen LogP contribution in [0.3, 0.4) is 0 Å². The van der Waals surface area contributed by atoms with E-state index in [2.05, 4.69) is 10.6 Å². The lowest BCUT2D eigenvalue weighted by Crippen LogP contribution is -2.50. The van der Waals surface area contributed by atoms with E-state index in [-0.39, 0.29) is 30.3 Å². The van der Waals surface area contributed by atoms with Gasteiger partial charge in [0, 0.05) is 24.1 Å². The maximum absolute atomic E-state index is 13.6. The first-order valence-electron chi connectivity index (χ1n) is 8.49. The van der Waals surface area contributed by atoms with Crippen molar-refractivity contribution in [1.82, 2.24) is 10.6 Å². The summed E-state index contributed by atoms with van der Waals surface area (Å²) in [6, 6.07) is 9.58. The summed E-state index contributed by atoms with van der Waals surface area (Å²) in [7, 11) is 0. The number of nitrogens with one attached hydrogen (secondary N) is 2. The Kier molecular flexibility index (Phi) is 6.73. The predicted molar refractivity (Wildman–Crippen MR) is 101 cm³/mol. The zero-order chi connectivity index (χ0) is 18.0. The van der Waals surface area contributed by atoms with Crippen molar-refractivity contribution < 1.29 is 13.6 Å². The van der Waals surface area contributed by atoms with Crippen LogP contribution in [0.25, 0.3) is 0 Å². The highest BCUT2D eigenvalue weighted by molar-refractivity contribution is 5.96. The molecule has 6 heteroatoms. The zero-order valence-electron chi connectivity index (χ0n) is 14.8. The highest BCUT2D eigenvalue weighted by atomic mass is 35.5. The Labute approximate surface area is 158 Å². The standard InChI is InChI=1S/C20H22F2N2O.ClH/c1-12-3-4-13(2)16(9-12)20(25)24-19-11-23-8-7-15(19)14-5-6-17(21)18(22)10-14;/h3-6,9-10,15,19,23H,7-8,11H2,1-2H3,(H,24,25);1H. The summed E-state index contributed by atoms with van der Waals surface area (Å²) < 4.78 is 26.8. The van der Waals surface area contributed by atoms with Crippen molar-refractivity contribution in [3.8, 4) is 0 Å². The van der Waals surface area contributed by atoms with E-state index in [0.717, 1.165) is 30.2 Å². The van der Waals surface area contributed by atoms with Gasteiger partial charge in [-0.1, -0.05) is 23.8 Å². The fraction of sp³-hybridized carbons (Fsp3) is 0.350. The van der Waals surface area contributed by atoms with Gasteiger partial charge in [0.1, 0.15) is 0 Å². The minimum Gasteiger partial charge on any atom is -0.347 e. The third-order valence-electron chi connectivity index (χ3n) is 4.81. The fourth-order valence-electron chi connectivity index (χ4n) is 3.38. The fourth-order valence-corrected chi connectivity index (χ4v) is 3.38. The van der Waals surface area contributed by atoms with Crippen LogP contribution < -0.4 is 10.6 Å². The number of halogens is 3. The van der Waals surface area contributed by atoms with Gasteiger partial charge in [-0.25, -0.2) is 8.78 Å². The molecule has 2 aromatic rings. The second kappa shape index (κ2) is 8.60. The molecule has 1 aliphatic rings. The van der Waals surface area contributed by atoms with Crippen molar-refractivity contribution in [2.45, 2.75) is 32.2 Å². The van der Waals surface area contributed by atoms with Gasteiger partial charge in [0.15, 0.2) is 11.6 Å². The third-order valence-corrected chi connectivity index (χ3v) is 4.81. The Morgan fingerprint density at radius 3 is 2.62 bits per heavy atom. The SMILES string of the molecule is Cc1ccc(C)c(C(=O)NC2CNCCC2c2ccc(F)c(F)c2)c1.Cl. The molecule has 26 heavy (non-hydrogen) atoms. The summed E-state index contributed by atoms with van der Waals surface area (Å²) in [6.07, 6.45) is 0.753. The maximum Gasteiger partial charge on any atom is 0.251 e. The molecule has 3 nitrogen and oxygen atoms in total. The number of carbonyl (C=O) groups excluding carboxylic acids is 1. The molecule has 2 N–H and O–H groups in total. The van der Waals surface area contributed by atoms with E-state index in [4.69, 9.17) is 0 Å². The lowest BCUT2D eigenvalue weighted by Gasteiger charge is -2.33. The lowest BCUT2D eigenvalue weighted by atomic mass is 9.85. The Balaban J connectivity index is 0.00000243. The van der Waals surface area contributed by atoms with Crippen LogP contribution in [0.1, 0.15) is 39.4 Å². The summed E-state index contributed by atoms with van der Waals surface area (Å²) in [4.78, 5) is 12.7. The van der Waals surface area contributed by atoms with Crippen LogP contribution in [-0.2, 0) is 0 Å². The molecule has 2 atom stereocenters. The lowest BCUT2D eigenvalue weighted by molar-refractivity contribution is 0.0923. The van der Waals surface area contributed by atoms with Crippen LogP contribution in [0.15, 0.2) is 36.4 Å². The average molecular weight is 381 g/mol. The van der Waals surface area contributed by atoms with Crippen LogP contribution in [0.2, 0.25) is 0 Å². The molecule has 3 rings (SSSR count). The van der Waals surface area contributed by atoms with Gasteiger partial charge in [-0.15, -0.1) is 12.4 Å². The number of piperidine rings is 1. The van der Waals surface area contributed by atoms with Crippen LogP contribution in [0.4, 0.5) is 8.78 Å². The van der Waals surface area contributed by atoms with E-state index < -0.39 is 11.6 Å². The van der Waals surface area contributed by atoms with Crippen molar-refractivity contribution in [2.75, 3.05) is 13.1 Å². The normalized spacial score (nSPS) is 19.5. The van der Waals surface area contributed by atoms with E-state index in [9.17, 15) is 13.6 Å². The molecule has 0 spiro atoms. The quantitative estimate of drug-likeness (QED) is 0.848. The van der Waals surface area contributed by atoms with Gasteiger partial charge < -0.3 is 10.6 Å². The molecule has 1 aliphatic heterocycles. The average Bonchev–Trinajstić information content (AvgIpc) is 2.60. The van der Waals surface area contributed by atoms with Crippen LogP contribution in [0.5, 0.6) is 0 Å². The third kappa shape index (κ3) is 4.40. The summed E-state index contributed by atoms with van der Waals surface area (Å²) >= 11 is 0. The van der Waals surface area contributed by atoms with Gasteiger partial charge in [-0.3, -0.25) is 4.79 Å². The number of rotatable bonds is 3. The van der Waals surface area contributed by atoms with Crippen LogP contribution in [-0.4, -0.2) is 25.0 Å². The first-order valence-corrected chi connectivity index (χ1v) is 8.49. The van der Waals surface area contributed by atoms with Crippen LogP contribution >= 0.6 is 12.4 Å². The molecule has 1 amide bonds. The van der Waals surface area contributed by atoms with Gasteiger partial charge >= 0.3 is 0 Å². The molecule has 0 aliphatic carbocycles. The molecule has 1 fully saturated rings. The van der Waals surface area contributed by atoms with Gasteiger partial charge in [-0.2, -0.15) is 0 Å². The summed E-state index contributed by atoms with van der Waals surface area (Å²) in [6.45, 7) is 5.22. The molecule has 140 valence electrons. The minimum absolute atomic E-state index is 0. The molecule has 1 heterocycles. The molecular formula is C20H23ClF2N2O. The molecule has 1 saturated heterocycles. The van der Waals surface area contributed by atoms with Crippen molar-refractivity contribution in [3.63, 3.8) is 0 Å². The predicted octanol–water partition coefficient (Wildman–Crippen LogP) is 3.88. The largest absolute Gasteiger partial charge is 0.347 e. The Hall–Kier alpha value is -1.98. The summed E-state index contributed by atoms with van der Waals surface area (Å²) in [5.74, 6) is -1.89. The van der Waals surface area contributed by atoms with Crippen molar-refractivity contribution >= 4 is 18.3 Å². The van der Waals surface area contributed by atoms with Crippen molar-refractivity contribution in [2.24, 2.45) is 0 Å². The second-order valence-corrected chi connectivity index (χ2v) is 6.67. The van der Waals surface area contributed by atoms with Gasteiger partial charge in [0.25, 0.3) is 5.91 Å². The Morgan fingerprint density at radius 2 is 1.88 bits per heavy atom. The summed E-state index contributed by atoms with van der Waals surface area (Å²) in [5, 5.41) is 6.33. The topological polar surface area (TPSA) is 41.1 Å². The highest BCUT2D eigenvalue weighted by Crippen LogP contribution is 2.27. The summed E-state index contributed by atoms with van der Waals surface area (Å²) in [5.41, 5.74) is 3.30. The Bertz CT molecular complexity index is 797. The van der Waals surface area contributed by atoms with E-state index >= 15 is 0 Å². The Morgan fingerprint density at radius 1 is 1.12 bits per heavy atom. The number of benzene rings is 2. The first kappa shape index (κ1) is 20.3. The molecule has 0 aromatic heterocycles. The molecule has 0 bridgehead atoms. The first-order chi connectivity index (χ1) is 12.0. The molecular weight excluding hydrogens is 358 g/mol. The smallest absolute Gasteiger partial charge is 0.251 e.